The normalized spacial score (nSPS) is 14.9. The third-order valence-corrected chi connectivity index (χ3v) is 11.7. The largest absolute Gasteiger partial charge is 0.756 e. The lowest BCUT2D eigenvalue weighted by Gasteiger charge is -2.29. The molecule has 64 heavy (non-hydrogen) atoms. The number of phosphoric acid groups is 1. The Morgan fingerprint density at radius 2 is 0.969 bits per heavy atom. The molecular formula is C55H97N2O6P. The van der Waals surface area contributed by atoms with E-state index in [1.54, 1.807) is 6.08 Å². The van der Waals surface area contributed by atoms with Gasteiger partial charge in [0, 0.05) is 6.42 Å². The minimum atomic E-state index is -4.60. The Kier molecular flexibility index (Phi) is 43.7. The molecule has 0 aliphatic rings. The van der Waals surface area contributed by atoms with Gasteiger partial charge in [0.1, 0.15) is 13.2 Å². The molecule has 0 fully saturated rings. The van der Waals surface area contributed by atoms with Gasteiger partial charge in [-0.3, -0.25) is 9.36 Å². The Morgan fingerprint density at radius 3 is 1.44 bits per heavy atom. The van der Waals surface area contributed by atoms with E-state index in [1.807, 2.05) is 27.2 Å². The van der Waals surface area contributed by atoms with Crippen molar-refractivity contribution in [3.63, 3.8) is 0 Å². The number of quaternary nitrogens is 1. The molecule has 9 heteroatoms. The number of aliphatic hydroxyl groups excluding tert-OH is 1. The van der Waals surface area contributed by atoms with Crippen LogP contribution in [0.4, 0.5) is 0 Å². The van der Waals surface area contributed by atoms with Gasteiger partial charge in [0.2, 0.25) is 5.91 Å². The van der Waals surface area contributed by atoms with Crippen LogP contribution in [0.3, 0.4) is 0 Å². The second-order valence-electron chi connectivity index (χ2n) is 18.1. The van der Waals surface area contributed by atoms with Crippen LogP contribution in [0.2, 0.25) is 0 Å². The number of nitrogens with one attached hydrogen (secondary N) is 1. The Balaban J connectivity index is 4.11. The molecule has 0 bridgehead atoms. The smallest absolute Gasteiger partial charge is 0.268 e. The fraction of sp³-hybridized carbons (Fsp3) is 0.691. The Morgan fingerprint density at radius 1 is 0.562 bits per heavy atom. The number of allylic oxidation sites excluding steroid dienone is 15. The molecular weight excluding hydrogens is 816 g/mol. The fourth-order valence-electron chi connectivity index (χ4n) is 6.75. The van der Waals surface area contributed by atoms with Crippen molar-refractivity contribution < 1.29 is 32.9 Å². The molecule has 0 aliphatic heterocycles. The van der Waals surface area contributed by atoms with Crippen molar-refractivity contribution in [2.45, 2.75) is 206 Å². The van der Waals surface area contributed by atoms with Crippen LogP contribution in [0.25, 0.3) is 0 Å². The number of amides is 1. The van der Waals surface area contributed by atoms with Gasteiger partial charge < -0.3 is 28.8 Å². The molecule has 0 saturated carbocycles. The third kappa shape index (κ3) is 47.4. The van der Waals surface area contributed by atoms with Gasteiger partial charge in [0.15, 0.2) is 0 Å². The van der Waals surface area contributed by atoms with Crippen molar-refractivity contribution in [2.75, 3.05) is 40.9 Å². The number of hydrogen-bond donors (Lipinski definition) is 2. The van der Waals surface area contributed by atoms with E-state index in [0.29, 0.717) is 17.4 Å². The zero-order valence-electron chi connectivity index (χ0n) is 41.7. The molecule has 0 aromatic carbocycles. The van der Waals surface area contributed by atoms with Crippen molar-refractivity contribution in [1.82, 2.24) is 5.32 Å². The van der Waals surface area contributed by atoms with Crippen LogP contribution in [0, 0.1) is 0 Å². The minimum absolute atomic E-state index is 0.0129. The number of likely N-dealkylation sites (N-methyl/N-ethyl adjacent to an activating group) is 1. The molecule has 1 amide bonds. The van der Waals surface area contributed by atoms with Crippen LogP contribution < -0.4 is 10.2 Å². The first-order valence-corrected chi connectivity index (χ1v) is 27.1. The molecule has 0 heterocycles. The second-order valence-corrected chi connectivity index (χ2v) is 19.5. The van der Waals surface area contributed by atoms with E-state index in [9.17, 15) is 19.4 Å². The minimum Gasteiger partial charge on any atom is -0.756 e. The van der Waals surface area contributed by atoms with Gasteiger partial charge in [0.05, 0.1) is 39.9 Å². The topological polar surface area (TPSA) is 108 Å². The van der Waals surface area contributed by atoms with E-state index in [0.717, 1.165) is 83.5 Å². The monoisotopic (exact) mass is 913 g/mol. The predicted octanol–water partition coefficient (Wildman–Crippen LogP) is 14.5. The zero-order chi connectivity index (χ0) is 47.1. The third-order valence-electron chi connectivity index (χ3n) is 10.7. The van der Waals surface area contributed by atoms with Crippen LogP contribution in [0.1, 0.15) is 194 Å². The molecule has 0 rings (SSSR count). The van der Waals surface area contributed by atoms with Gasteiger partial charge in [-0.05, 0) is 83.5 Å². The van der Waals surface area contributed by atoms with Gasteiger partial charge >= 0.3 is 0 Å². The van der Waals surface area contributed by atoms with Gasteiger partial charge in [-0.2, -0.15) is 0 Å². The van der Waals surface area contributed by atoms with Crippen molar-refractivity contribution in [1.29, 1.82) is 0 Å². The van der Waals surface area contributed by atoms with E-state index in [2.05, 4.69) is 104 Å². The SMILES string of the molecule is CC/C=C\C/C=C\C/C=C\C/C=C\C/C=C\CCCCCCCCCCCCCCCCCC(=O)NC(COP(=O)([O-])OCC[N+](C)(C)C)C(O)/C=C/CC/C=C/CC/C=C/CCC. The molecule has 8 nitrogen and oxygen atoms in total. The van der Waals surface area contributed by atoms with Crippen molar-refractivity contribution in [2.24, 2.45) is 0 Å². The van der Waals surface area contributed by atoms with Gasteiger partial charge in [-0.1, -0.05) is 201 Å². The van der Waals surface area contributed by atoms with Crippen molar-refractivity contribution >= 4 is 13.7 Å². The summed E-state index contributed by atoms with van der Waals surface area (Å²) in [5.41, 5.74) is 0. The number of phosphoric ester groups is 1. The van der Waals surface area contributed by atoms with Gasteiger partial charge in [0.25, 0.3) is 7.82 Å². The number of rotatable bonds is 45. The van der Waals surface area contributed by atoms with Crippen molar-refractivity contribution in [3.8, 4) is 0 Å². The number of carbonyl (C=O) groups is 1. The van der Waals surface area contributed by atoms with Crippen LogP contribution in [0.5, 0.6) is 0 Å². The number of unbranched alkanes of at least 4 members (excludes halogenated alkanes) is 18. The summed E-state index contributed by atoms with van der Waals surface area (Å²) >= 11 is 0. The highest BCUT2D eigenvalue weighted by atomic mass is 31.2. The summed E-state index contributed by atoms with van der Waals surface area (Å²) in [5, 5.41) is 13.7. The first-order chi connectivity index (χ1) is 31.0. The van der Waals surface area contributed by atoms with Crippen LogP contribution in [-0.4, -0.2) is 68.5 Å². The summed E-state index contributed by atoms with van der Waals surface area (Å²) in [7, 11) is 1.22. The summed E-state index contributed by atoms with van der Waals surface area (Å²) < 4.78 is 23.2. The number of nitrogens with zero attached hydrogens (tertiary/aromatic N) is 1. The average molecular weight is 913 g/mol. The fourth-order valence-corrected chi connectivity index (χ4v) is 7.47. The lowest BCUT2D eigenvalue weighted by molar-refractivity contribution is -0.870. The predicted molar refractivity (Wildman–Crippen MR) is 274 cm³/mol. The van der Waals surface area contributed by atoms with Crippen LogP contribution >= 0.6 is 7.82 Å². The van der Waals surface area contributed by atoms with E-state index >= 15 is 0 Å². The second kappa shape index (κ2) is 45.6. The lowest BCUT2D eigenvalue weighted by Crippen LogP contribution is -2.45. The maximum atomic E-state index is 12.9. The average Bonchev–Trinajstić information content (AvgIpc) is 3.25. The number of carbonyl (C=O) groups excluding carboxylic acids is 1. The van der Waals surface area contributed by atoms with E-state index in [4.69, 9.17) is 9.05 Å². The molecule has 0 aliphatic carbocycles. The van der Waals surface area contributed by atoms with Gasteiger partial charge in [-0.15, -0.1) is 0 Å². The molecule has 0 spiro atoms. The van der Waals surface area contributed by atoms with E-state index in [-0.39, 0.29) is 12.5 Å². The molecule has 0 aromatic rings. The Hall–Kier alpha value is -2.58. The highest BCUT2D eigenvalue weighted by molar-refractivity contribution is 7.45. The number of aliphatic hydroxyl groups is 1. The first-order valence-electron chi connectivity index (χ1n) is 25.6. The maximum Gasteiger partial charge on any atom is 0.268 e. The maximum absolute atomic E-state index is 12.9. The van der Waals surface area contributed by atoms with Crippen LogP contribution in [0.15, 0.2) is 97.2 Å². The number of hydrogen-bond acceptors (Lipinski definition) is 6. The Labute approximate surface area is 394 Å². The first kappa shape index (κ1) is 61.4. The molecule has 2 N–H and O–H groups in total. The lowest BCUT2D eigenvalue weighted by atomic mass is 10.0. The molecule has 368 valence electrons. The standard InChI is InChI=1S/C55H97N2O6P/c1-6-8-10-12-14-16-18-19-20-21-22-23-24-25-26-27-28-29-30-31-32-33-34-35-36-37-39-41-43-45-47-49-55(59)56-53(52-63-64(60,61)62-51-50-57(3,4)5)54(58)48-46-44-42-40-38-17-15-13-11-9-7-2/h8,10-11,13-14,16,19-20,22-23,25-26,38,40,46,48,53-54,58H,6-7,9,12,15,17-18,21,24,27-37,39,41-45,47,49-52H2,1-5H3,(H-,56,59,60,61)/b10-8-,13-11+,16-14-,20-19-,23-22-,26-25-,40-38+,48-46+. The molecule has 3 unspecified atom stereocenters. The molecule has 0 saturated heterocycles. The summed E-state index contributed by atoms with van der Waals surface area (Å²) in [6.45, 7) is 4.41. The molecule has 0 aromatic heterocycles. The Bertz CT molecular complexity index is 1360. The van der Waals surface area contributed by atoms with Gasteiger partial charge in [-0.25, -0.2) is 0 Å². The summed E-state index contributed by atoms with van der Waals surface area (Å²) in [5.74, 6) is -0.218. The summed E-state index contributed by atoms with van der Waals surface area (Å²) in [6, 6.07) is -0.913. The van der Waals surface area contributed by atoms with Crippen molar-refractivity contribution in [3.05, 3.63) is 97.2 Å². The van der Waals surface area contributed by atoms with Crippen LogP contribution in [-0.2, 0) is 18.4 Å². The van der Waals surface area contributed by atoms with E-state index < -0.39 is 26.6 Å². The summed E-state index contributed by atoms with van der Waals surface area (Å²) in [4.78, 5) is 25.3. The zero-order valence-corrected chi connectivity index (χ0v) is 42.6. The molecule has 0 radical (unpaired) electrons. The highest BCUT2D eigenvalue weighted by Gasteiger charge is 2.23. The molecule has 3 atom stereocenters. The van der Waals surface area contributed by atoms with E-state index in [1.165, 1.54) is 89.9 Å². The summed E-state index contributed by atoms with van der Waals surface area (Å²) in [6.07, 6.45) is 64.9. The quantitative estimate of drug-likeness (QED) is 0.0273. The highest BCUT2D eigenvalue weighted by Crippen LogP contribution is 2.38.